The van der Waals surface area contributed by atoms with Gasteiger partial charge < -0.3 is 10.4 Å². The second-order valence-electron chi connectivity index (χ2n) is 5.26. The zero-order valence-electron chi connectivity index (χ0n) is 12.9. The first-order valence-corrected chi connectivity index (χ1v) is 7.27. The molecule has 0 radical (unpaired) electrons. The SMILES string of the molecule is Cc1c(C(=O)O)c(NCCc2ncnn2C)nc2ccccc12. The number of carbonyl (C=O) groups is 1. The maximum atomic E-state index is 11.6. The first-order chi connectivity index (χ1) is 11.1. The zero-order valence-corrected chi connectivity index (χ0v) is 12.9. The molecule has 0 bridgehead atoms. The van der Waals surface area contributed by atoms with Crippen molar-refractivity contribution in [2.24, 2.45) is 7.05 Å². The number of aromatic nitrogens is 4. The molecule has 118 valence electrons. The third-order valence-electron chi connectivity index (χ3n) is 3.81. The molecule has 0 spiro atoms. The van der Waals surface area contributed by atoms with Crippen LogP contribution in [0.1, 0.15) is 21.7 Å². The quantitative estimate of drug-likeness (QED) is 0.749. The van der Waals surface area contributed by atoms with Crippen LogP contribution in [0.3, 0.4) is 0 Å². The van der Waals surface area contributed by atoms with Crippen LogP contribution < -0.4 is 5.32 Å². The average molecular weight is 311 g/mol. The Morgan fingerprint density at radius 1 is 1.35 bits per heavy atom. The Labute approximate surface area is 133 Å². The lowest BCUT2D eigenvalue weighted by Gasteiger charge is -2.13. The molecule has 1 aromatic carbocycles. The van der Waals surface area contributed by atoms with Gasteiger partial charge in [-0.15, -0.1) is 0 Å². The largest absolute Gasteiger partial charge is 0.478 e. The number of para-hydroxylation sites is 1. The van der Waals surface area contributed by atoms with Gasteiger partial charge in [0.05, 0.1) is 5.52 Å². The number of hydrogen-bond acceptors (Lipinski definition) is 5. The molecule has 0 aliphatic rings. The minimum absolute atomic E-state index is 0.210. The number of nitrogens with one attached hydrogen (secondary N) is 1. The van der Waals surface area contributed by atoms with Gasteiger partial charge in [-0.1, -0.05) is 18.2 Å². The van der Waals surface area contributed by atoms with Crippen LogP contribution in [0.25, 0.3) is 10.9 Å². The van der Waals surface area contributed by atoms with Gasteiger partial charge in [0.1, 0.15) is 23.5 Å². The molecule has 7 nitrogen and oxygen atoms in total. The zero-order chi connectivity index (χ0) is 16.4. The lowest BCUT2D eigenvalue weighted by atomic mass is 10.0. The molecule has 2 N–H and O–H groups in total. The number of hydrogen-bond donors (Lipinski definition) is 2. The van der Waals surface area contributed by atoms with Gasteiger partial charge in [-0.25, -0.2) is 14.8 Å². The molecule has 7 heteroatoms. The summed E-state index contributed by atoms with van der Waals surface area (Å²) in [5.41, 5.74) is 1.70. The van der Waals surface area contributed by atoms with Crippen molar-refractivity contribution in [3.8, 4) is 0 Å². The fraction of sp³-hybridized carbons (Fsp3) is 0.250. The second kappa shape index (κ2) is 6.04. The van der Waals surface area contributed by atoms with Crippen LogP contribution in [0.15, 0.2) is 30.6 Å². The van der Waals surface area contributed by atoms with E-state index in [0.717, 1.165) is 16.7 Å². The van der Waals surface area contributed by atoms with Crippen molar-refractivity contribution in [2.75, 3.05) is 11.9 Å². The Morgan fingerprint density at radius 2 is 2.13 bits per heavy atom. The van der Waals surface area contributed by atoms with Crippen LogP contribution in [0.2, 0.25) is 0 Å². The number of anilines is 1. The summed E-state index contributed by atoms with van der Waals surface area (Å²) >= 11 is 0. The van der Waals surface area contributed by atoms with Crippen LogP contribution in [0.5, 0.6) is 0 Å². The first kappa shape index (κ1) is 15.0. The summed E-state index contributed by atoms with van der Waals surface area (Å²) in [7, 11) is 1.82. The molecular weight excluding hydrogens is 294 g/mol. The monoisotopic (exact) mass is 311 g/mol. The maximum Gasteiger partial charge on any atom is 0.339 e. The Balaban J connectivity index is 1.91. The Bertz CT molecular complexity index is 872. The molecule has 0 atom stereocenters. The van der Waals surface area contributed by atoms with Crippen molar-refractivity contribution in [2.45, 2.75) is 13.3 Å². The number of nitrogens with zero attached hydrogens (tertiary/aromatic N) is 4. The minimum atomic E-state index is -0.984. The summed E-state index contributed by atoms with van der Waals surface area (Å²) in [5.74, 6) is 0.227. The Hall–Kier alpha value is -2.96. The molecule has 0 saturated heterocycles. The van der Waals surface area contributed by atoms with E-state index in [0.29, 0.717) is 24.3 Å². The number of carboxylic acid groups (broad SMARTS) is 1. The number of fused-ring (bicyclic) bond motifs is 1. The molecular formula is C16H17N5O2. The lowest BCUT2D eigenvalue weighted by Crippen LogP contribution is -2.14. The second-order valence-corrected chi connectivity index (χ2v) is 5.26. The molecule has 0 unspecified atom stereocenters. The predicted octanol–water partition coefficient (Wildman–Crippen LogP) is 2.02. The van der Waals surface area contributed by atoms with Gasteiger partial charge in [-0.3, -0.25) is 4.68 Å². The molecule has 2 aromatic heterocycles. The number of benzene rings is 1. The van der Waals surface area contributed by atoms with E-state index in [-0.39, 0.29) is 5.56 Å². The van der Waals surface area contributed by atoms with Gasteiger partial charge in [0, 0.05) is 25.4 Å². The summed E-state index contributed by atoms with van der Waals surface area (Å²) in [6, 6.07) is 7.53. The van der Waals surface area contributed by atoms with E-state index in [1.54, 1.807) is 11.6 Å². The van der Waals surface area contributed by atoms with E-state index in [9.17, 15) is 9.90 Å². The molecule has 0 amide bonds. The molecule has 3 rings (SSSR count). The standard InChI is InChI=1S/C16H17N5O2/c1-10-11-5-3-4-6-12(11)20-15(14(10)16(22)23)17-8-7-13-18-9-19-21(13)2/h3-6,9H,7-8H2,1-2H3,(H,17,20)(H,22,23). The van der Waals surface area contributed by atoms with E-state index in [1.165, 1.54) is 6.33 Å². The van der Waals surface area contributed by atoms with Crippen molar-refractivity contribution >= 4 is 22.7 Å². The van der Waals surface area contributed by atoms with Crippen LogP contribution >= 0.6 is 0 Å². The predicted molar refractivity (Wildman–Crippen MR) is 86.6 cm³/mol. The number of aryl methyl sites for hydroxylation is 2. The normalized spacial score (nSPS) is 10.9. The van der Waals surface area contributed by atoms with Crippen molar-refractivity contribution in [3.63, 3.8) is 0 Å². The Kier molecular flexibility index (Phi) is 3.92. The third kappa shape index (κ3) is 2.85. The minimum Gasteiger partial charge on any atom is -0.478 e. The molecule has 0 fully saturated rings. The fourth-order valence-corrected chi connectivity index (χ4v) is 2.61. The molecule has 0 aliphatic heterocycles. The number of rotatable bonds is 5. The van der Waals surface area contributed by atoms with Gasteiger partial charge in [0.2, 0.25) is 0 Å². The van der Waals surface area contributed by atoms with Crippen molar-refractivity contribution < 1.29 is 9.90 Å². The highest BCUT2D eigenvalue weighted by atomic mass is 16.4. The van der Waals surface area contributed by atoms with Crippen molar-refractivity contribution in [3.05, 3.63) is 47.5 Å². The average Bonchev–Trinajstić information content (AvgIpc) is 2.92. The Morgan fingerprint density at radius 3 is 2.83 bits per heavy atom. The summed E-state index contributed by atoms with van der Waals surface area (Å²) in [5, 5.41) is 17.5. The maximum absolute atomic E-state index is 11.6. The van der Waals surface area contributed by atoms with E-state index >= 15 is 0 Å². The summed E-state index contributed by atoms with van der Waals surface area (Å²) in [4.78, 5) is 20.2. The summed E-state index contributed by atoms with van der Waals surface area (Å²) < 4.78 is 1.69. The highest BCUT2D eigenvalue weighted by molar-refractivity contribution is 6.01. The smallest absolute Gasteiger partial charge is 0.339 e. The molecule has 3 aromatic rings. The van der Waals surface area contributed by atoms with Crippen LogP contribution in [0.4, 0.5) is 5.82 Å². The van der Waals surface area contributed by atoms with Gasteiger partial charge in [-0.2, -0.15) is 5.10 Å². The van der Waals surface area contributed by atoms with Crippen molar-refractivity contribution in [1.29, 1.82) is 0 Å². The molecule has 23 heavy (non-hydrogen) atoms. The van der Waals surface area contributed by atoms with Crippen LogP contribution in [0, 0.1) is 6.92 Å². The number of aromatic carboxylic acids is 1. The van der Waals surface area contributed by atoms with Gasteiger partial charge in [0.15, 0.2) is 0 Å². The van der Waals surface area contributed by atoms with Crippen molar-refractivity contribution in [1.82, 2.24) is 19.7 Å². The molecule has 0 aliphatic carbocycles. The van der Waals surface area contributed by atoms with E-state index < -0.39 is 5.97 Å². The number of carboxylic acids is 1. The fourth-order valence-electron chi connectivity index (χ4n) is 2.61. The third-order valence-corrected chi connectivity index (χ3v) is 3.81. The summed E-state index contributed by atoms with van der Waals surface area (Å²) in [6.07, 6.45) is 2.12. The number of pyridine rings is 1. The topological polar surface area (TPSA) is 92.9 Å². The summed E-state index contributed by atoms with van der Waals surface area (Å²) in [6.45, 7) is 2.33. The van der Waals surface area contributed by atoms with E-state index in [4.69, 9.17) is 0 Å². The van der Waals surface area contributed by atoms with E-state index in [1.807, 2.05) is 31.3 Å². The lowest BCUT2D eigenvalue weighted by molar-refractivity contribution is 0.0697. The highest BCUT2D eigenvalue weighted by Gasteiger charge is 2.17. The van der Waals surface area contributed by atoms with E-state index in [2.05, 4.69) is 20.4 Å². The van der Waals surface area contributed by atoms with Gasteiger partial charge in [-0.05, 0) is 18.6 Å². The van der Waals surface area contributed by atoms with Crippen LogP contribution in [-0.4, -0.2) is 37.4 Å². The van der Waals surface area contributed by atoms with Crippen LogP contribution in [-0.2, 0) is 13.5 Å². The molecule has 2 heterocycles. The van der Waals surface area contributed by atoms with Gasteiger partial charge in [0.25, 0.3) is 0 Å². The highest BCUT2D eigenvalue weighted by Crippen LogP contribution is 2.25. The first-order valence-electron chi connectivity index (χ1n) is 7.27. The molecule has 0 saturated carbocycles. The van der Waals surface area contributed by atoms with Gasteiger partial charge >= 0.3 is 5.97 Å².